The molecule has 0 aliphatic carbocycles. The Bertz CT molecular complexity index is 1970. The number of carbonyl (C=O) groups is 1. The summed E-state index contributed by atoms with van der Waals surface area (Å²) in [6, 6.07) is 21.2. The van der Waals surface area contributed by atoms with Crippen molar-refractivity contribution in [1.29, 1.82) is 0 Å². The summed E-state index contributed by atoms with van der Waals surface area (Å²) in [6.45, 7) is 6.92. The molecule has 0 spiro atoms. The molecule has 3 aromatic carbocycles. The molecule has 0 saturated heterocycles. The first-order valence-electron chi connectivity index (χ1n) is 15.6. The molecular formula is C33H37N7O8S2. The Hall–Kier alpha value is -4.49. The molecule has 1 aliphatic rings. The van der Waals surface area contributed by atoms with Crippen LogP contribution in [0, 0.1) is 5.41 Å². The Morgan fingerprint density at radius 1 is 1.00 bits per heavy atom. The van der Waals surface area contributed by atoms with Gasteiger partial charge in [-0.05, 0) is 79.6 Å². The lowest BCUT2D eigenvalue weighted by atomic mass is 9.87. The third-order valence-corrected chi connectivity index (χ3v) is 8.93. The Morgan fingerprint density at radius 2 is 1.72 bits per heavy atom. The lowest BCUT2D eigenvalue weighted by molar-refractivity contribution is -0.432. The Balaban J connectivity index is 1.33. The molecule has 0 saturated carbocycles. The maximum atomic E-state index is 12.9. The molecule has 1 amide bonds. The van der Waals surface area contributed by atoms with Crippen LogP contribution in [0.4, 0.5) is 17.1 Å². The van der Waals surface area contributed by atoms with Crippen LogP contribution in [0.3, 0.4) is 0 Å². The molecule has 0 atom stereocenters. The van der Waals surface area contributed by atoms with Crippen LogP contribution in [-0.4, -0.2) is 81.0 Å². The van der Waals surface area contributed by atoms with Gasteiger partial charge in [0, 0.05) is 45.9 Å². The molecule has 0 bridgehead atoms. The van der Waals surface area contributed by atoms with E-state index in [1.54, 1.807) is 41.1 Å². The maximum absolute atomic E-state index is 12.9. The second-order valence-electron chi connectivity index (χ2n) is 12.3. The summed E-state index contributed by atoms with van der Waals surface area (Å²) < 4.78 is 37.2. The lowest BCUT2D eigenvalue weighted by Gasteiger charge is -2.24. The minimum Gasteiger partial charge on any atom is -0.395 e. The number of amides is 1. The highest BCUT2D eigenvalue weighted by atomic mass is 32.2. The van der Waals surface area contributed by atoms with Crippen molar-refractivity contribution >= 4 is 56.6 Å². The molecule has 15 nitrogen and oxygen atoms in total. The van der Waals surface area contributed by atoms with Crippen LogP contribution < -0.4 is 10.2 Å². The summed E-state index contributed by atoms with van der Waals surface area (Å²) in [4.78, 5) is 20.3. The van der Waals surface area contributed by atoms with Gasteiger partial charge in [-0.25, -0.2) is 10.2 Å². The highest BCUT2D eigenvalue weighted by Gasteiger charge is 2.35. The van der Waals surface area contributed by atoms with Crippen molar-refractivity contribution in [3.05, 3.63) is 84.2 Å². The van der Waals surface area contributed by atoms with Gasteiger partial charge < -0.3 is 15.3 Å². The van der Waals surface area contributed by atoms with Crippen LogP contribution in [0.1, 0.15) is 49.8 Å². The first kappa shape index (κ1) is 36.8. The number of hydrogen-bond acceptors (Lipinski definition) is 13. The molecular weight excluding hydrogens is 687 g/mol. The number of fused-ring (bicyclic) bond motifs is 1. The molecule has 1 aliphatic heterocycles. The minimum absolute atomic E-state index is 0.0731. The van der Waals surface area contributed by atoms with Crippen LogP contribution in [0.25, 0.3) is 11.4 Å². The summed E-state index contributed by atoms with van der Waals surface area (Å²) in [5.41, 5.74) is 4.11. The SMILES string of the molecule is CC(C)(C)C1=Nn2c(nnc2-c2ccc(NC(=O)c3cccc(SOOO)c3)cc2)C1=Nc1ccc(N(CCO)CCCCS(=O)(=O)O)cc1. The molecule has 17 heteroatoms. The van der Waals surface area contributed by atoms with Gasteiger partial charge in [0.15, 0.2) is 5.82 Å². The molecule has 4 aromatic rings. The molecule has 264 valence electrons. The largest absolute Gasteiger partial charge is 0.395 e. The normalized spacial score (nSPS) is 13.7. The van der Waals surface area contributed by atoms with Gasteiger partial charge in [0.2, 0.25) is 5.82 Å². The zero-order valence-corrected chi connectivity index (χ0v) is 29.2. The van der Waals surface area contributed by atoms with Crippen molar-refractivity contribution in [2.75, 3.05) is 35.7 Å². The Kier molecular flexibility index (Phi) is 11.8. The van der Waals surface area contributed by atoms with Gasteiger partial charge in [0.05, 0.1) is 35.8 Å². The number of nitrogens with one attached hydrogen (secondary N) is 1. The van der Waals surface area contributed by atoms with E-state index >= 15 is 0 Å². The average molecular weight is 724 g/mol. The van der Waals surface area contributed by atoms with Gasteiger partial charge in [0.25, 0.3) is 16.0 Å². The molecule has 0 fully saturated rings. The van der Waals surface area contributed by atoms with Crippen molar-refractivity contribution in [3.8, 4) is 11.4 Å². The van der Waals surface area contributed by atoms with E-state index in [0.29, 0.717) is 65.1 Å². The fourth-order valence-corrected chi connectivity index (χ4v) is 6.15. The zero-order valence-electron chi connectivity index (χ0n) is 27.6. The second kappa shape index (κ2) is 16.0. The van der Waals surface area contributed by atoms with E-state index in [4.69, 9.17) is 19.9 Å². The van der Waals surface area contributed by atoms with E-state index in [9.17, 15) is 18.3 Å². The van der Waals surface area contributed by atoms with Crippen LogP contribution in [0.5, 0.6) is 0 Å². The summed E-state index contributed by atoms with van der Waals surface area (Å²) in [6.07, 6.45) is 0.831. The van der Waals surface area contributed by atoms with Crippen LogP contribution in [0.15, 0.2) is 87.8 Å². The quantitative estimate of drug-likeness (QED) is 0.0397. The molecule has 0 unspecified atom stereocenters. The first-order valence-corrected chi connectivity index (χ1v) is 17.9. The smallest absolute Gasteiger partial charge is 0.264 e. The Morgan fingerprint density at radius 3 is 2.38 bits per heavy atom. The molecule has 5 rings (SSSR count). The monoisotopic (exact) mass is 723 g/mol. The number of aliphatic hydroxyl groups excluding tert-OH is 1. The third kappa shape index (κ3) is 9.39. The van der Waals surface area contributed by atoms with Crippen molar-refractivity contribution < 1.29 is 37.5 Å². The molecule has 0 radical (unpaired) electrons. The van der Waals surface area contributed by atoms with Crippen molar-refractivity contribution in [2.24, 2.45) is 15.5 Å². The number of nitrogens with zero attached hydrogens (tertiary/aromatic N) is 6. The standard InChI is InChI=1S/C33H37N7O8S2/c1-33(2,3)29-28(34-24-13-15-26(16-14-24)39(18-19-41)17-4-5-20-50(44,45)46)31-37-36-30(40(31)38-29)22-9-11-25(12-10-22)35-32(42)23-7-6-8-27(21-23)49-48-47-43/h6-16,21,41,43H,4-5,17-20H2,1-3H3,(H,35,42)(H,44,45,46). The van der Waals surface area contributed by atoms with E-state index in [-0.39, 0.29) is 23.7 Å². The number of rotatable bonds is 15. The number of aliphatic hydroxyl groups is 1. The number of unbranched alkanes of at least 4 members (excludes halogenated alkanes) is 1. The van der Waals surface area contributed by atoms with Crippen molar-refractivity contribution in [2.45, 2.75) is 38.5 Å². The number of anilines is 2. The number of aliphatic imine (C=N–C) groups is 1. The lowest BCUT2D eigenvalue weighted by Crippen LogP contribution is -2.28. The number of carbonyl (C=O) groups excluding carboxylic acids is 1. The van der Waals surface area contributed by atoms with Gasteiger partial charge in [-0.3, -0.25) is 9.35 Å². The van der Waals surface area contributed by atoms with E-state index in [2.05, 4.69) is 24.9 Å². The second-order valence-corrected chi connectivity index (χ2v) is 14.7. The highest BCUT2D eigenvalue weighted by Crippen LogP contribution is 2.31. The fourth-order valence-electron chi connectivity index (χ4n) is 5.16. The van der Waals surface area contributed by atoms with E-state index in [1.807, 2.05) is 62.1 Å². The maximum Gasteiger partial charge on any atom is 0.264 e. The molecule has 1 aromatic heterocycles. The summed E-state index contributed by atoms with van der Waals surface area (Å²) in [5, 5.41) is 38.2. The number of aromatic nitrogens is 3. The van der Waals surface area contributed by atoms with Gasteiger partial charge >= 0.3 is 0 Å². The van der Waals surface area contributed by atoms with Crippen molar-refractivity contribution in [3.63, 3.8) is 0 Å². The van der Waals surface area contributed by atoms with Gasteiger partial charge in [-0.2, -0.15) is 18.2 Å². The first-order chi connectivity index (χ1) is 23.9. The topological polar surface area (TPSA) is 201 Å². The summed E-state index contributed by atoms with van der Waals surface area (Å²) in [5.74, 6) is 0.351. The van der Waals surface area contributed by atoms with Crippen LogP contribution in [0.2, 0.25) is 0 Å². The Labute approximate surface area is 293 Å². The predicted octanol–water partition coefficient (Wildman–Crippen LogP) is 5.48. The molecule has 50 heavy (non-hydrogen) atoms. The molecule has 4 N–H and O–H groups in total. The highest BCUT2D eigenvalue weighted by molar-refractivity contribution is 7.94. The van der Waals surface area contributed by atoms with E-state index in [0.717, 1.165) is 29.0 Å². The van der Waals surface area contributed by atoms with Gasteiger partial charge in [0.1, 0.15) is 5.71 Å². The fraction of sp³-hybridized carbons (Fsp3) is 0.303. The third-order valence-electron chi connectivity index (χ3n) is 7.55. The molecule has 2 heterocycles. The summed E-state index contributed by atoms with van der Waals surface area (Å²) >= 11 is 0.761. The number of benzene rings is 3. The van der Waals surface area contributed by atoms with E-state index < -0.39 is 10.1 Å². The zero-order chi connectivity index (χ0) is 35.9. The van der Waals surface area contributed by atoms with Crippen LogP contribution >= 0.6 is 12.0 Å². The van der Waals surface area contributed by atoms with E-state index in [1.165, 1.54) is 0 Å². The van der Waals surface area contributed by atoms with Crippen LogP contribution in [-0.2, 0) is 19.5 Å². The minimum atomic E-state index is -4.01. The van der Waals surface area contributed by atoms with Gasteiger partial charge in [-0.1, -0.05) is 31.9 Å². The van der Waals surface area contributed by atoms with Gasteiger partial charge in [-0.15, -0.1) is 14.5 Å². The predicted molar refractivity (Wildman–Crippen MR) is 190 cm³/mol. The number of hydrogen-bond donors (Lipinski definition) is 4. The van der Waals surface area contributed by atoms with Crippen molar-refractivity contribution in [1.82, 2.24) is 14.9 Å². The average Bonchev–Trinajstić information content (AvgIpc) is 3.66. The summed E-state index contributed by atoms with van der Waals surface area (Å²) in [7, 11) is -4.01.